The van der Waals surface area contributed by atoms with E-state index in [1.165, 1.54) is 0 Å². The third-order valence-electron chi connectivity index (χ3n) is 3.09. The van der Waals surface area contributed by atoms with E-state index >= 15 is 0 Å². The number of hydrogen-bond acceptors (Lipinski definition) is 3. The van der Waals surface area contributed by atoms with Gasteiger partial charge in [0.1, 0.15) is 11.9 Å². The van der Waals surface area contributed by atoms with Gasteiger partial charge in [0, 0.05) is 35.0 Å². The Kier molecular flexibility index (Phi) is 2.94. The molecule has 1 N–H and O–H groups in total. The maximum Gasteiger partial charge on any atom is 0.128 e. The number of benzene rings is 1. The monoisotopic (exact) mass is 261 g/mol. The van der Waals surface area contributed by atoms with Crippen molar-refractivity contribution in [3.63, 3.8) is 0 Å². The predicted molar refractivity (Wildman–Crippen MR) is 68.6 cm³/mol. The maximum atomic E-state index is 10.2. The number of ether oxygens (including phenoxy) is 1. The first-order valence-electron chi connectivity index (χ1n) is 5.78. The fourth-order valence-corrected chi connectivity index (χ4v) is 2.37. The number of pyridine rings is 1. The van der Waals surface area contributed by atoms with Crippen LogP contribution in [0.1, 0.15) is 29.8 Å². The van der Waals surface area contributed by atoms with Gasteiger partial charge in [-0.05, 0) is 24.3 Å². The molecule has 3 rings (SSSR count). The van der Waals surface area contributed by atoms with Crippen LogP contribution in [0.15, 0.2) is 42.7 Å². The Labute approximate surface area is 110 Å². The summed E-state index contributed by atoms with van der Waals surface area (Å²) in [4.78, 5) is 4.07. The summed E-state index contributed by atoms with van der Waals surface area (Å²) in [6, 6.07) is 9.12. The van der Waals surface area contributed by atoms with Gasteiger partial charge in [-0.25, -0.2) is 0 Å². The van der Waals surface area contributed by atoms with E-state index in [4.69, 9.17) is 16.3 Å². The Hall–Kier alpha value is -1.58. The molecule has 92 valence electrons. The number of aliphatic hydroxyl groups excluding tert-OH is 1. The minimum absolute atomic E-state index is 0.164. The highest BCUT2D eigenvalue weighted by Crippen LogP contribution is 2.41. The molecule has 4 heteroatoms. The molecule has 1 unspecified atom stereocenters. The van der Waals surface area contributed by atoms with Crippen LogP contribution in [-0.4, -0.2) is 10.1 Å². The molecule has 1 aliphatic rings. The van der Waals surface area contributed by atoms with E-state index in [9.17, 15) is 5.11 Å². The number of hydrogen-bond donors (Lipinski definition) is 1. The molecule has 3 nitrogen and oxygen atoms in total. The van der Waals surface area contributed by atoms with Crippen LogP contribution in [0.4, 0.5) is 0 Å². The quantitative estimate of drug-likeness (QED) is 0.857. The highest BCUT2D eigenvalue weighted by Gasteiger charge is 2.28. The fourth-order valence-electron chi connectivity index (χ4n) is 2.19. The van der Waals surface area contributed by atoms with Crippen molar-refractivity contribution in [2.75, 3.05) is 0 Å². The van der Waals surface area contributed by atoms with Gasteiger partial charge >= 0.3 is 0 Å². The minimum atomic E-state index is -0.558. The van der Waals surface area contributed by atoms with Gasteiger partial charge in [-0.15, -0.1) is 0 Å². The van der Waals surface area contributed by atoms with E-state index in [0.717, 1.165) is 11.1 Å². The zero-order chi connectivity index (χ0) is 12.5. The Morgan fingerprint density at radius 3 is 3.00 bits per heavy atom. The Morgan fingerprint density at radius 1 is 1.33 bits per heavy atom. The van der Waals surface area contributed by atoms with Crippen molar-refractivity contribution in [3.8, 4) is 5.75 Å². The van der Waals surface area contributed by atoms with Crippen molar-refractivity contribution in [2.24, 2.45) is 0 Å². The topological polar surface area (TPSA) is 42.4 Å². The van der Waals surface area contributed by atoms with Gasteiger partial charge < -0.3 is 9.84 Å². The van der Waals surface area contributed by atoms with Crippen molar-refractivity contribution in [1.82, 2.24) is 4.98 Å². The number of nitrogens with zero attached hydrogens (tertiary/aromatic N) is 1. The molecule has 0 bridgehead atoms. The number of rotatable bonds is 1. The van der Waals surface area contributed by atoms with Gasteiger partial charge in [0.05, 0.1) is 6.10 Å². The van der Waals surface area contributed by atoms with Crippen LogP contribution in [0, 0.1) is 0 Å². The Balaban J connectivity index is 1.95. The molecule has 1 aromatic carbocycles. The molecule has 0 saturated carbocycles. The number of aromatic nitrogens is 1. The second-order valence-corrected chi connectivity index (χ2v) is 4.76. The lowest BCUT2D eigenvalue weighted by Crippen LogP contribution is -2.19. The molecule has 0 spiro atoms. The molecule has 0 aliphatic carbocycles. The summed E-state index contributed by atoms with van der Waals surface area (Å²) in [5.74, 6) is 0.687. The molecule has 1 aromatic heterocycles. The molecule has 2 atom stereocenters. The van der Waals surface area contributed by atoms with Crippen LogP contribution in [0.5, 0.6) is 5.75 Å². The highest BCUT2D eigenvalue weighted by atomic mass is 35.5. The fraction of sp³-hybridized carbons (Fsp3) is 0.214. The van der Waals surface area contributed by atoms with Crippen molar-refractivity contribution >= 4 is 11.6 Å². The van der Waals surface area contributed by atoms with E-state index < -0.39 is 6.10 Å². The van der Waals surface area contributed by atoms with Crippen molar-refractivity contribution in [2.45, 2.75) is 18.6 Å². The maximum absolute atomic E-state index is 10.2. The van der Waals surface area contributed by atoms with Gasteiger partial charge in [-0.2, -0.15) is 0 Å². The SMILES string of the molecule is O[C@@H]1CC(c2cccnc2)Oc2ccc(Cl)cc21. The molecule has 18 heavy (non-hydrogen) atoms. The molecule has 1 aliphatic heterocycles. The molecule has 2 heterocycles. The summed E-state index contributed by atoms with van der Waals surface area (Å²) < 4.78 is 5.88. The van der Waals surface area contributed by atoms with E-state index in [-0.39, 0.29) is 6.10 Å². The standard InChI is InChI=1S/C14H12ClNO2/c15-10-3-4-13-11(6-10)12(17)7-14(18-13)9-2-1-5-16-8-9/h1-6,8,12,14,17H,7H2/t12-,14?/m1/s1. The first-order chi connectivity index (χ1) is 8.74. The average Bonchev–Trinajstić information content (AvgIpc) is 2.40. The van der Waals surface area contributed by atoms with Crippen LogP contribution < -0.4 is 4.74 Å². The zero-order valence-electron chi connectivity index (χ0n) is 9.58. The van der Waals surface area contributed by atoms with Gasteiger partial charge in [0.15, 0.2) is 0 Å². The third-order valence-corrected chi connectivity index (χ3v) is 3.33. The molecule has 0 amide bonds. The van der Waals surface area contributed by atoms with Crippen LogP contribution >= 0.6 is 11.6 Å². The summed E-state index contributed by atoms with van der Waals surface area (Å²) in [6.07, 6.45) is 3.27. The van der Waals surface area contributed by atoms with Gasteiger partial charge in [-0.1, -0.05) is 17.7 Å². The summed E-state index contributed by atoms with van der Waals surface area (Å²) in [6.45, 7) is 0. The van der Waals surface area contributed by atoms with Gasteiger partial charge in [0.2, 0.25) is 0 Å². The second-order valence-electron chi connectivity index (χ2n) is 4.33. The van der Waals surface area contributed by atoms with E-state index in [0.29, 0.717) is 17.2 Å². The second kappa shape index (κ2) is 4.59. The number of halogens is 1. The van der Waals surface area contributed by atoms with E-state index in [1.807, 2.05) is 12.1 Å². The smallest absolute Gasteiger partial charge is 0.128 e. The first kappa shape index (κ1) is 11.5. The summed E-state index contributed by atoms with van der Waals surface area (Å²) in [7, 11) is 0. The first-order valence-corrected chi connectivity index (χ1v) is 6.16. The average molecular weight is 262 g/mol. The molecular formula is C14H12ClNO2. The molecule has 0 saturated heterocycles. The predicted octanol–water partition coefficient (Wildman–Crippen LogP) is 3.29. The minimum Gasteiger partial charge on any atom is -0.485 e. The zero-order valence-corrected chi connectivity index (χ0v) is 10.3. The van der Waals surface area contributed by atoms with Crippen LogP contribution in [0.2, 0.25) is 5.02 Å². The van der Waals surface area contributed by atoms with Crippen LogP contribution in [0.25, 0.3) is 0 Å². The Morgan fingerprint density at radius 2 is 2.22 bits per heavy atom. The number of fused-ring (bicyclic) bond motifs is 1. The van der Waals surface area contributed by atoms with E-state index in [2.05, 4.69) is 4.98 Å². The van der Waals surface area contributed by atoms with Crippen LogP contribution in [-0.2, 0) is 0 Å². The van der Waals surface area contributed by atoms with Crippen LogP contribution in [0.3, 0.4) is 0 Å². The van der Waals surface area contributed by atoms with Gasteiger partial charge in [0.25, 0.3) is 0 Å². The lowest BCUT2D eigenvalue weighted by Gasteiger charge is -2.29. The Bertz CT molecular complexity index is 559. The number of aliphatic hydroxyl groups is 1. The summed E-state index contributed by atoms with van der Waals surface area (Å²) in [5, 5.41) is 10.8. The normalized spacial score (nSPS) is 22.1. The lowest BCUT2D eigenvalue weighted by atomic mass is 9.96. The third kappa shape index (κ3) is 2.07. The summed E-state index contributed by atoms with van der Waals surface area (Å²) in [5.41, 5.74) is 1.72. The van der Waals surface area contributed by atoms with E-state index in [1.54, 1.807) is 30.6 Å². The van der Waals surface area contributed by atoms with Crippen molar-refractivity contribution in [1.29, 1.82) is 0 Å². The largest absolute Gasteiger partial charge is 0.485 e. The lowest BCUT2D eigenvalue weighted by molar-refractivity contribution is 0.0656. The van der Waals surface area contributed by atoms with Crippen molar-refractivity contribution in [3.05, 3.63) is 58.9 Å². The van der Waals surface area contributed by atoms with Crippen molar-refractivity contribution < 1.29 is 9.84 Å². The highest BCUT2D eigenvalue weighted by molar-refractivity contribution is 6.30. The molecule has 0 radical (unpaired) electrons. The van der Waals surface area contributed by atoms with Gasteiger partial charge in [-0.3, -0.25) is 4.98 Å². The molecular weight excluding hydrogens is 250 g/mol. The molecule has 2 aromatic rings. The molecule has 0 fully saturated rings. The summed E-state index contributed by atoms with van der Waals surface area (Å²) >= 11 is 5.92.